The molecule has 0 radical (unpaired) electrons. The molecule has 5 heteroatoms. The molecule has 1 aromatic heterocycles. The minimum Gasteiger partial charge on any atom is -0.478 e. The number of anilines is 1. The number of pyridine rings is 1. The highest BCUT2D eigenvalue weighted by atomic mass is 35.5. The van der Waals surface area contributed by atoms with E-state index in [-0.39, 0.29) is 5.56 Å². The maximum Gasteiger partial charge on any atom is 0.337 e. The van der Waals surface area contributed by atoms with Crippen molar-refractivity contribution in [1.29, 1.82) is 0 Å². The summed E-state index contributed by atoms with van der Waals surface area (Å²) in [5.41, 5.74) is 0.117. The largest absolute Gasteiger partial charge is 0.478 e. The summed E-state index contributed by atoms with van der Waals surface area (Å²) in [6.45, 7) is 2.14. The lowest BCUT2D eigenvalue weighted by Gasteiger charge is -2.26. The van der Waals surface area contributed by atoms with E-state index in [1.54, 1.807) is 0 Å². The van der Waals surface area contributed by atoms with Crippen LogP contribution in [0.2, 0.25) is 5.02 Å². The summed E-state index contributed by atoms with van der Waals surface area (Å²) >= 11 is 6.07. The zero-order valence-electron chi connectivity index (χ0n) is 9.85. The summed E-state index contributed by atoms with van der Waals surface area (Å²) in [4.78, 5) is 16.9. The van der Waals surface area contributed by atoms with Crippen LogP contribution in [0, 0.1) is 5.92 Å². The van der Waals surface area contributed by atoms with Gasteiger partial charge in [0.25, 0.3) is 0 Å². The van der Waals surface area contributed by atoms with Gasteiger partial charge in [0.1, 0.15) is 5.82 Å². The number of nitrogens with zero attached hydrogens (tertiary/aromatic N) is 2. The van der Waals surface area contributed by atoms with Gasteiger partial charge in [-0.3, -0.25) is 0 Å². The second-order valence-electron chi connectivity index (χ2n) is 4.52. The van der Waals surface area contributed by atoms with Gasteiger partial charge in [-0.05, 0) is 31.7 Å². The predicted octanol–water partition coefficient (Wildman–Crippen LogP) is 2.67. The number of hydrogen-bond acceptors (Lipinski definition) is 3. The molecule has 1 aliphatic carbocycles. The van der Waals surface area contributed by atoms with Crippen molar-refractivity contribution >= 4 is 23.4 Å². The Bertz CT molecular complexity index is 446. The Kier molecular flexibility index (Phi) is 3.24. The smallest absolute Gasteiger partial charge is 0.337 e. The van der Waals surface area contributed by atoms with Gasteiger partial charge in [-0.15, -0.1) is 0 Å². The lowest BCUT2D eigenvalue weighted by molar-refractivity contribution is 0.0696. The van der Waals surface area contributed by atoms with Crippen molar-refractivity contribution in [2.75, 3.05) is 11.9 Å². The molecule has 1 N–H and O–H groups in total. The number of carboxylic acids is 1. The zero-order chi connectivity index (χ0) is 12.6. The van der Waals surface area contributed by atoms with E-state index in [9.17, 15) is 4.79 Å². The van der Waals surface area contributed by atoms with Crippen molar-refractivity contribution in [3.63, 3.8) is 0 Å². The SMILES string of the molecule is CC(C1CC1)N(C)c1ncc(C(=O)O)cc1Cl. The first kappa shape index (κ1) is 12.2. The number of aromatic nitrogens is 1. The molecule has 1 fully saturated rings. The Morgan fingerprint density at radius 1 is 1.65 bits per heavy atom. The van der Waals surface area contributed by atoms with Gasteiger partial charge in [0.2, 0.25) is 0 Å². The topological polar surface area (TPSA) is 53.4 Å². The van der Waals surface area contributed by atoms with Gasteiger partial charge >= 0.3 is 5.97 Å². The maximum atomic E-state index is 10.8. The zero-order valence-corrected chi connectivity index (χ0v) is 10.6. The molecule has 0 saturated heterocycles. The third-order valence-electron chi connectivity index (χ3n) is 3.32. The molecule has 1 aromatic rings. The minimum absolute atomic E-state index is 0.117. The summed E-state index contributed by atoms with van der Waals surface area (Å²) < 4.78 is 0. The predicted molar refractivity (Wildman–Crippen MR) is 66.8 cm³/mol. The van der Waals surface area contributed by atoms with Crippen molar-refractivity contribution in [2.45, 2.75) is 25.8 Å². The monoisotopic (exact) mass is 254 g/mol. The molecular weight excluding hydrogens is 240 g/mol. The number of halogens is 1. The van der Waals surface area contributed by atoms with Crippen LogP contribution in [-0.2, 0) is 0 Å². The Morgan fingerprint density at radius 2 is 2.29 bits per heavy atom. The summed E-state index contributed by atoms with van der Waals surface area (Å²) in [5, 5.41) is 9.22. The molecule has 1 heterocycles. The second-order valence-corrected chi connectivity index (χ2v) is 4.93. The number of carboxylic acid groups (broad SMARTS) is 1. The van der Waals surface area contributed by atoms with E-state index < -0.39 is 5.97 Å². The molecule has 0 bridgehead atoms. The van der Waals surface area contributed by atoms with E-state index >= 15 is 0 Å². The number of carbonyl (C=O) groups is 1. The molecule has 2 rings (SSSR count). The molecule has 1 aliphatic rings. The quantitative estimate of drug-likeness (QED) is 0.898. The average Bonchev–Trinajstić information content (AvgIpc) is 3.10. The molecule has 0 amide bonds. The van der Waals surface area contributed by atoms with Crippen LogP contribution in [0.1, 0.15) is 30.1 Å². The van der Waals surface area contributed by atoms with Crippen molar-refractivity contribution in [3.05, 3.63) is 22.8 Å². The molecule has 4 nitrogen and oxygen atoms in total. The fraction of sp³-hybridized carbons (Fsp3) is 0.500. The van der Waals surface area contributed by atoms with Crippen LogP contribution in [0.4, 0.5) is 5.82 Å². The number of hydrogen-bond donors (Lipinski definition) is 1. The van der Waals surface area contributed by atoms with E-state index in [2.05, 4.69) is 11.9 Å². The van der Waals surface area contributed by atoms with E-state index in [1.807, 2.05) is 11.9 Å². The van der Waals surface area contributed by atoms with Gasteiger partial charge < -0.3 is 10.0 Å². The standard InChI is InChI=1S/C12H15ClN2O2/c1-7(8-3-4-8)15(2)11-10(13)5-9(6-14-11)12(16)17/h5-8H,3-4H2,1-2H3,(H,16,17). The van der Waals surface area contributed by atoms with Gasteiger partial charge in [-0.25, -0.2) is 9.78 Å². The van der Waals surface area contributed by atoms with Gasteiger partial charge in [0, 0.05) is 19.3 Å². The Labute approximate surface area is 105 Å². The van der Waals surface area contributed by atoms with Crippen molar-refractivity contribution in [1.82, 2.24) is 4.98 Å². The van der Waals surface area contributed by atoms with Crippen molar-refractivity contribution < 1.29 is 9.90 Å². The van der Waals surface area contributed by atoms with Crippen LogP contribution in [0.3, 0.4) is 0 Å². The normalized spacial score (nSPS) is 16.6. The van der Waals surface area contributed by atoms with Gasteiger partial charge in [-0.1, -0.05) is 11.6 Å². The fourth-order valence-corrected chi connectivity index (χ4v) is 2.19. The first-order valence-electron chi connectivity index (χ1n) is 5.62. The van der Waals surface area contributed by atoms with E-state index in [4.69, 9.17) is 16.7 Å². The first-order valence-corrected chi connectivity index (χ1v) is 6.00. The lowest BCUT2D eigenvalue weighted by atomic mass is 10.2. The maximum absolute atomic E-state index is 10.8. The number of aromatic carboxylic acids is 1. The van der Waals surface area contributed by atoms with Crippen molar-refractivity contribution in [2.24, 2.45) is 5.92 Å². The molecule has 92 valence electrons. The molecule has 0 spiro atoms. The number of rotatable bonds is 4. The third kappa shape index (κ3) is 2.52. The highest BCUT2D eigenvalue weighted by Crippen LogP contribution is 2.37. The van der Waals surface area contributed by atoms with Gasteiger partial charge in [0.05, 0.1) is 10.6 Å². The van der Waals surface area contributed by atoms with Crippen LogP contribution >= 0.6 is 11.6 Å². The fourth-order valence-electron chi connectivity index (χ4n) is 1.89. The molecule has 0 aliphatic heterocycles. The summed E-state index contributed by atoms with van der Waals surface area (Å²) in [5.74, 6) is 0.344. The second kappa shape index (κ2) is 4.53. The molecule has 1 atom stereocenters. The molecule has 1 unspecified atom stereocenters. The average molecular weight is 255 g/mol. The van der Waals surface area contributed by atoms with Crippen LogP contribution in [0.25, 0.3) is 0 Å². The van der Waals surface area contributed by atoms with E-state index in [0.717, 1.165) is 0 Å². The Morgan fingerprint density at radius 3 is 2.76 bits per heavy atom. The highest BCUT2D eigenvalue weighted by Gasteiger charge is 2.31. The highest BCUT2D eigenvalue weighted by molar-refractivity contribution is 6.33. The van der Waals surface area contributed by atoms with Gasteiger partial charge in [0.15, 0.2) is 0 Å². The van der Waals surface area contributed by atoms with Crippen LogP contribution in [-0.4, -0.2) is 29.1 Å². The lowest BCUT2D eigenvalue weighted by Crippen LogP contribution is -2.31. The van der Waals surface area contributed by atoms with Crippen molar-refractivity contribution in [3.8, 4) is 0 Å². The molecule has 0 aromatic carbocycles. The molecular formula is C12H15ClN2O2. The van der Waals surface area contributed by atoms with Crippen LogP contribution < -0.4 is 4.90 Å². The summed E-state index contributed by atoms with van der Waals surface area (Å²) in [6, 6.07) is 1.83. The Balaban J connectivity index is 2.23. The van der Waals surface area contributed by atoms with E-state index in [0.29, 0.717) is 22.8 Å². The molecule has 17 heavy (non-hydrogen) atoms. The van der Waals surface area contributed by atoms with Gasteiger partial charge in [-0.2, -0.15) is 0 Å². The first-order chi connectivity index (χ1) is 8.00. The minimum atomic E-state index is -1.01. The van der Waals surface area contributed by atoms with Crippen LogP contribution in [0.15, 0.2) is 12.3 Å². The third-order valence-corrected chi connectivity index (χ3v) is 3.60. The summed E-state index contributed by atoms with van der Waals surface area (Å²) in [6.07, 6.45) is 3.84. The van der Waals surface area contributed by atoms with E-state index in [1.165, 1.54) is 25.1 Å². The Hall–Kier alpha value is -1.29. The summed E-state index contributed by atoms with van der Waals surface area (Å²) in [7, 11) is 1.94. The van der Waals surface area contributed by atoms with Crippen LogP contribution in [0.5, 0.6) is 0 Å². The molecule has 1 saturated carbocycles.